The van der Waals surface area contributed by atoms with Crippen molar-refractivity contribution in [2.24, 2.45) is 0 Å². The van der Waals surface area contributed by atoms with Gasteiger partial charge in [0.15, 0.2) is 10.0 Å². The van der Waals surface area contributed by atoms with Crippen LogP contribution in [-0.4, -0.2) is 5.10 Å². The molecule has 38 valence electrons. The topological polar surface area (TPSA) is 53.0 Å². The summed E-state index contributed by atoms with van der Waals surface area (Å²) in [5.41, 5.74) is 0. The van der Waals surface area contributed by atoms with Gasteiger partial charge < -0.3 is 4.52 Å². The summed E-state index contributed by atoms with van der Waals surface area (Å²) in [6, 6.07) is 0. The van der Waals surface area contributed by atoms with Crippen molar-refractivity contribution in [2.45, 2.75) is 5.03 Å². The van der Waals surface area contributed by atoms with E-state index in [4.69, 9.17) is 0 Å². The molecule has 1 aromatic heterocycles. The van der Waals surface area contributed by atoms with E-state index in [0.29, 0.717) is 0 Å². The molecule has 0 bridgehead atoms. The number of hydrogen-bond donors (Lipinski definition) is 1. The van der Waals surface area contributed by atoms with Gasteiger partial charge in [0.25, 0.3) is 0 Å². The van der Waals surface area contributed by atoms with Crippen molar-refractivity contribution in [3.8, 4) is 0 Å². The molecule has 1 rings (SSSR count). The van der Waals surface area contributed by atoms with Gasteiger partial charge in [-0.3, -0.25) is 0 Å². The molecule has 0 aromatic carbocycles. The molecular formula is C2H2N2O2S. The minimum Gasteiger partial charge on any atom is -0.349 e. The van der Waals surface area contributed by atoms with Crippen LogP contribution >= 0.6 is 12.6 Å². The quantitative estimate of drug-likeness (QED) is 0.372. The van der Waals surface area contributed by atoms with Gasteiger partial charge in [0.2, 0.25) is 0 Å². The summed E-state index contributed by atoms with van der Waals surface area (Å²) in [4.78, 5) is 0. The van der Waals surface area contributed by atoms with E-state index in [9.17, 15) is 5.21 Å². The number of nitrogens with zero attached hydrogens (tertiary/aromatic N) is 2. The van der Waals surface area contributed by atoms with Crippen molar-refractivity contribution < 1.29 is 9.54 Å². The fourth-order valence-corrected chi connectivity index (χ4v) is 0.343. The lowest BCUT2D eigenvalue weighted by Gasteiger charge is -1.65. The Hall–Kier alpha value is -0.710. The van der Waals surface area contributed by atoms with Gasteiger partial charge in [0.05, 0.1) is 11.4 Å². The van der Waals surface area contributed by atoms with E-state index >= 15 is 0 Å². The second-order valence-corrected chi connectivity index (χ2v) is 1.38. The summed E-state index contributed by atoms with van der Waals surface area (Å²) in [5.74, 6) is 0. The molecule has 5 heteroatoms. The Morgan fingerprint density at radius 3 is 2.86 bits per heavy atom. The number of thiol groups is 1. The Balaban J connectivity index is 3.04. The van der Waals surface area contributed by atoms with Gasteiger partial charge in [0, 0.05) is 0 Å². The Morgan fingerprint density at radius 2 is 2.71 bits per heavy atom. The van der Waals surface area contributed by atoms with E-state index < -0.39 is 0 Å². The van der Waals surface area contributed by atoms with Crippen LogP contribution in [0.2, 0.25) is 0 Å². The second-order valence-electron chi connectivity index (χ2n) is 0.919. The fraction of sp³-hybridized carbons (Fsp3) is 0. The molecule has 0 saturated carbocycles. The molecule has 1 aromatic rings. The second kappa shape index (κ2) is 1.42. The molecule has 0 amide bonds. The summed E-state index contributed by atoms with van der Waals surface area (Å²) in [7, 11) is 0. The molecule has 0 aliphatic heterocycles. The largest absolute Gasteiger partial charge is 0.349 e. The van der Waals surface area contributed by atoms with Gasteiger partial charge >= 0.3 is 0 Å². The lowest BCUT2D eigenvalue weighted by Crippen LogP contribution is -2.25. The molecule has 0 atom stereocenters. The molecule has 0 aliphatic rings. The third-order valence-corrected chi connectivity index (χ3v) is 0.627. The van der Waals surface area contributed by atoms with Crippen LogP contribution in [0.5, 0.6) is 0 Å². The normalized spacial score (nSPS) is 9.29. The van der Waals surface area contributed by atoms with Gasteiger partial charge in [-0.15, -0.1) is 12.6 Å². The van der Waals surface area contributed by atoms with Crippen molar-refractivity contribution in [1.29, 1.82) is 0 Å². The van der Waals surface area contributed by atoms with Crippen LogP contribution in [0.25, 0.3) is 0 Å². The van der Waals surface area contributed by atoms with Crippen LogP contribution in [0.3, 0.4) is 0 Å². The molecule has 4 nitrogen and oxygen atoms in total. The zero-order chi connectivity index (χ0) is 5.28. The first-order valence-electron chi connectivity index (χ1n) is 1.54. The zero-order valence-corrected chi connectivity index (χ0v) is 4.13. The van der Waals surface area contributed by atoms with Gasteiger partial charge in [-0.25, -0.2) is 5.21 Å². The van der Waals surface area contributed by atoms with Crippen LogP contribution in [0.15, 0.2) is 15.8 Å². The Labute approximate surface area is 44.7 Å². The Morgan fingerprint density at radius 1 is 2.00 bits per heavy atom. The van der Waals surface area contributed by atoms with Crippen LogP contribution in [-0.2, 0) is 0 Å². The van der Waals surface area contributed by atoms with E-state index in [1.807, 2.05) is 0 Å². The van der Waals surface area contributed by atoms with E-state index in [1.165, 1.54) is 0 Å². The molecule has 7 heavy (non-hydrogen) atoms. The summed E-state index contributed by atoms with van der Waals surface area (Å²) < 4.78 is 4.14. The average Bonchev–Trinajstić information content (AvgIpc) is 1.87. The zero-order valence-electron chi connectivity index (χ0n) is 3.24. The van der Waals surface area contributed by atoms with Gasteiger partial charge in [0.1, 0.15) is 0 Å². The lowest BCUT2D eigenvalue weighted by molar-refractivity contribution is -0.841. The first kappa shape index (κ1) is 4.45. The van der Waals surface area contributed by atoms with Crippen molar-refractivity contribution in [1.82, 2.24) is 5.10 Å². The summed E-state index contributed by atoms with van der Waals surface area (Å²) in [5, 5.41) is 13.4. The number of aromatic nitrogens is 2. The fourth-order valence-electron chi connectivity index (χ4n) is 0.223. The Kier molecular flexibility index (Phi) is 0.900. The van der Waals surface area contributed by atoms with E-state index in [2.05, 4.69) is 22.3 Å². The van der Waals surface area contributed by atoms with Crippen LogP contribution in [0, 0.1) is 5.21 Å². The molecule has 0 fully saturated rings. The molecule has 0 N–H and O–H groups in total. The molecular weight excluding hydrogens is 116 g/mol. The number of hydrogen-bond acceptors (Lipinski definition) is 4. The summed E-state index contributed by atoms with van der Waals surface area (Å²) >= 11 is 3.68. The van der Waals surface area contributed by atoms with Gasteiger partial charge in [-0.05, 0) is 0 Å². The van der Waals surface area contributed by atoms with Gasteiger partial charge in [-0.1, -0.05) is 0 Å². The summed E-state index contributed by atoms with van der Waals surface area (Å²) in [6.45, 7) is 0. The maximum Gasteiger partial charge on any atom is 0.179 e. The molecule has 0 saturated heterocycles. The smallest absolute Gasteiger partial charge is 0.179 e. The standard InChI is InChI=1S/C2H2N2O2S/c5-4-3-2(7)1-6-4/h1,7H. The van der Waals surface area contributed by atoms with E-state index in [1.54, 1.807) is 0 Å². The predicted octanol–water partition coefficient (Wildman–Crippen LogP) is -0.403. The predicted molar refractivity (Wildman–Crippen MR) is 22.7 cm³/mol. The lowest BCUT2D eigenvalue weighted by atomic mass is 11.0. The third kappa shape index (κ3) is 0.833. The molecule has 0 spiro atoms. The van der Waals surface area contributed by atoms with Gasteiger partial charge in [-0.2, -0.15) is 0 Å². The highest BCUT2D eigenvalue weighted by Gasteiger charge is 1.93. The maximum atomic E-state index is 9.88. The average molecular weight is 118 g/mol. The highest BCUT2D eigenvalue weighted by atomic mass is 32.1. The van der Waals surface area contributed by atoms with Crippen LogP contribution in [0.4, 0.5) is 0 Å². The van der Waals surface area contributed by atoms with Crippen molar-refractivity contribution in [3.05, 3.63) is 11.5 Å². The van der Waals surface area contributed by atoms with E-state index in [-0.39, 0.29) is 10.0 Å². The minimum atomic E-state index is 0.0856. The van der Waals surface area contributed by atoms with Crippen LogP contribution < -0.4 is 5.02 Å². The highest BCUT2D eigenvalue weighted by molar-refractivity contribution is 7.80. The Bertz CT molecular complexity index is 146. The SMILES string of the molecule is [O-][n+]1nc(S)co1. The van der Waals surface area contributed by atoms with E-state index in [0.717, 1.165) is 6.26 Å². The monoisotopic (exact) mass is 118 g/mol. The van der Waals surface area contributed by atoms with Crippen LogP contribution in [0.1, 0.15) is 0 Å². The minimum absolute atomic E-state index is 0.0856. The number of rotatable bonds is 0. The molecule has 0 unspecified atom stereocenters. The third-order valence-electron chi connectivity index (χ3n) is 0.432. The first-order chi connectivity index (χ1) is 3.29. The molecule has 1 heterocycles. The first-order valence-corrected chi connectivity index (χ1v) is 1.98. The molecule has 0 aliphatic carbocycles. The van der Waals surface area contributed by atoms with Crippen molar-refractivity contribution >= 4 is 12.6 Å². The highest BCUT2D eigenvalue weighted by Crippen LogP contribution is 1.92. The maximum absolute atomic E-state index is 9.88. The van der Waals surface area contributed by atoms with Crippen molar-refractivity contribution in [3.63, 3.8) is 0 Å². The van der Waals surface area contributed by atoms with Crippen molar-refractivity contribution in [2.75, 3.05) is 0 Å². The molecule has 0 radical (unpaired) electrons. The summed E-state index contributed by atoms with van der Waals surface area (Å²) in [6.07, 6.45) is 1.15.